The Morgan fingerprint density at radius 1 is 1.16 bits per heavy atom. The van der Waals surface area contributed by atoms with Crippen LogP contribution in [0.5, 0.6) is 5.75 Å². The topological polar surface area (TPSA) is 43.4 Å². The van der Waals surface area contributed by atoms with Crippen molar-refractivity contribution in [2.24, 2.45) is 0 Å². The Morgan fingerprint density at radius 2 is 1.84 bits per heavy atom. The molecular weight excluding hydrogens is 359 g/mol. The van der Waals surface area contributed by atoms with E-state index in [4.69, 9.17) is 15.4 Å². The number of hydrogen-bond donors (Lipinski definition) is 0. The van der Waals surface area contributed by atoms with Crippen molar-refractivity contribution in [3.63, 3.8) is 0 Å². The van der Waals surface area contributed by atoms with Crippen molar-refractivity contribution in [2.45, 2.75) is 25.7 Å². The highest BCUT2D eigenvalue weighted by Gasteiger charge is 2.04. The Bertz CT molecular complexity index is 487. The van der Waals surface area contributed by atoms with Crippen molar-refractivity contribution in [3.8, 4) is 5.75 Å². The summed E-state index contributed by atoms with van der Waals surface area (Å²) >= 11 is 3.19. The highest BCUT2D eigenvalue weighted by atomic mass is 79.9. The van der Waals surface area contributed by atoms with E-state index >= 15 is 0 Å². The zero-order chi connectivity index (χ0) is 14.3. The van der Waals surface area contributed by atoms with Gasteiger partial charge in [0.15, 0.2) is 0 Å². The molecule has 0 atom stereocenters. The highest BCUT2D eigenvalue weighted by Crippen LogP contribution is 2.20. The maximum atomic E-state index is 13.0. The second-order valence-electron chi connectivity index (χ2n) is 4.11. The van der Waals surface area contributed by atoms with Crippen LogP contribution in [0.3, 0.4) is 0 Å². The lowest BCUT2D eigenvalue weighted by Crippen LogP contribution is -2.00. The monoisotopic (exact) mass is 372 g/mol. The van der Waals surface area contributed by atoms with Crippen LogP contribution >= 0.6 is 26.6 Å². The molecule has 0 saturated heterocycles. The first kappa shape index (κ1) is 16.7. The molecule has 0 aliphatic rings. The zero-order valence-corrected chi connectivity index (χ0v) is 13.4. The van der Waals surface area contributed by atoms with Gasteiger partial charge in [-0.15, -0.1) is 0 Å². The summed E-state index contributed by atoms with van der Waals surface area (Å²) in [6, 6.07) is 4.38. The Labute approximate surface area is 125 Å². The molecule has 19 heavy (non-hydrogen) atoms. The molecule has 1 aromatic rings. The van der Waals surface area contributed by atoms with E-state index in [1.165, 1.54) is 12.1 Å². The maximum Gasteiger partial charge on any atom is 0.232 e. The summed E-state index contributed by atoms with van der Waals surface area (Å²) in [5, 5.41) is 0. The lowest BCUT2D eigenvalue weighted by atomic mass is 10.2. The van der Waals surface area contributed by atoms with Gasteiger partial charge < -0.3 is 4.74 Å². The van der Waals surface area contributed by atoms with Crippen molar-refractivity contribution < 1.29 is 17.5 Å². The number of ether oxygens (including phenoxy) is 1. The lowest BCUT2D eigenvalue weighted by Gasteiger charge is -2.06. The third-order valence-corrected chi connectivity index (χ3v) is 4.08. The minimum atomic E-state index is -3.38. The van der Waals surface area contributed by atoms with Crippen molar-refractivity contribution in [2.75, 3.05) is 12.4 Å². The normalized spacial score (nSPS) is 11.5. The standard InChI is InChI=1S/C12H15BrClFO3S/c13-10-7-11(15)9-12(8-10)18-5-3-1-2-4-6-19(14,16)17/h7-9H,1-6H2. The van der Waals surface area contributed by atoms with Crippen LogP contribution in [0.25, 0.3) is 0 Å². The third-order valence-electron chi connectivity index (χ3n) is 2.39. The summed E-state index contributed by atoms with van der Waals surface area (Å²) in [5.41, 5.74) is 0. The summed E-state index contributed by atoms with van der Waals surface area (Å²) in [6.07, 6.45) is 2.97. The van der Waals surface area contributed by atoms with E-state index in [0.717, 1.165) is 19.3 Å². The molecule has 0 saturated carbocycles. The molecule has 0 radical (unpaired) electrons. The highest BCUT2D eigenvalue weighted by molar-refractivity contribution is 9.10. The first-order valence-electron chi connectivity index (χ1n) is 5.88. The first-order valence-corrected chi connectivity index (χ1v) is 9.15. The third kappa shape index (κ3) is 8.44. The van der Waals surface area contributed by atoms with Crippen LogP contribution in [-0.4, -0.2) is 20.8 Å². The molecule has 0 heterocycles. The van der Waals surface area contributed by atoms with Crippen LogP contribution < -0.4 is 4.74 Å². The molecule has 0 aliphatic heterocycles. The molecule has 3 nitrogen and oxygen atoms in total. The van der Waals surface area contributed by atoms with E-state index in [0.29, 0.717) is 23.2 Å². The SMILES string of the molecule is O=S(=O)(Cl)CCCCCCOc1cc(F)cc(Br)c1. The molecule has 108 valence electrons. The first-order chi connectivity index (χ1) is 8.87. The van der Waals surface area contributed by atoms with Crippen LogP contribution in [0.15, 0.2) is 22.7 Å². The Hall–Kier alpha value is -0.330. The molecule has 0 amide bonds. The molecule has 1 rings (SSSR count). The van der Waals surface area contributed by atoms with Crippen LogP contribution in [0, 0.1) is 5.82 Å². The number of rotatable bonds is 8. The fourth-order valence-electron chi connectivity index (χ4n) is 1.53. The maximum absolute atomic E-state index is 13.0. The minimum Gasteiger partial charge on any atom is -0.493 e. The van der Waals surface area contributed by atoms with Gasteiger partial charge in [-0.3, -0.25) is 0 Å². The quantitative estimate of drug-likeness (QED) is 0.509. The Kier molecular flexibility index (Phi) is 7.10. The van der Waals surface area contributed by atoms with Gasteiger partial charge in [0.2, 0.25) is 9.05 Å². The Balaban J connectivity index is 2.14. The van der Waals surface area contributed by atoms with Gasteiger partial charge in [0.05, 0.1) is 12.4 Å². The summed E-state index contributed by atoms with van der Waals surface area (Å²) in [7, 11) is 1.72. The molecule has 0 N–H and O–H groups in total. The van der Waals surface area contributed by atoms with Crippen molar-refractivity contribution >= 4 is 35.7 Å². The molecule has 0 aliphatic carbocycles. The largest absolute Gasteiger partial charge is 0.493 e. The fourth-order valence-corrected chi connectivity index (χ4v) is 2.85. The van der Waals surface area contributed by atoms with Crippen LogP contribution in [0.4, 0.5) is 4.39 Å². The van der Waals surface area contributed by atoms with E-state index in [1.54, 1.807) is 6.07 Å². The predicted molar refractivity (Wildman–Crippen MR) is 77.7 cm³/mol. The summed E-state index contributed by atoms with van der Waals surface area (Å²) in [4.78, 5) is 0. The van der Waals surface area contributed by atoms with Crippen LogP contribution in [0.2, 0.25) is 0 Å². The van der Waals surface area contributed by atoms with Gasteiger partial charge in [-0.1, -0.05) is 28.8 Å². The molecule has 0 unspecified atom stereocenters. The van der Waals surface area contributed by atoms with E-state index in [1.807, 2.05) is 0 Å². The van der Waals surface area contributed by atoms with Gasteiger partial charge in [-0.2, -0.15) is 0 Å². The number of halogens is 3. The van der Waals surface area contributed by atoms with Crippen LogP contribution in [-0.2, 0) is 9.05 Å². The minimum absolute atomic E-state index is 0.00621. The zero-order valence-electron chi connectivity index (χ0n) is 10.2. The van der Waals surface area contributed by atoms with E-state index in [-0.39, 0.29) is 11.6 Å². The van der Waals surface area contributed by atoms with Crippen molar-refractivity contribution in [3.05, 3.63) is 28.5 Å². The molecule has 1 aromatic carbocycles. The van der Waals surface area contributed by atoms with Crippen molar-refractivity contribution in [1.29, 1.82) is 0 Å². The van der Waals surface area contributed by atoms with E-state index in [2.05, 4.69) is 15.9 Å². The average molecular weight is 374 g/mol. The predicted octanol–water partition coefficient (Wildman–Crippen LogP) is 4.10. The molecule has 7 heteroatoms. The molecule has 0 aromatic heterocycles. The lowest BCUT2D eigenvalue weighted by molar-refractivity contribution is 0.303. The van der Waals surface area contributed by atoms with Gasteiger partial charge in [0.1, 0.15) is 11.6 Å². The van der Waals surface area contributed by atoms with Gasteiger partial charge in [0, 0.05) is 21.2 Å². The number of unbranched alkanes of at least 4 members (excludes halogenated alkanes) is 3. The van der Waals surface area contributed by atoms with Gasteiger partial charge >= 0.3 is 0 Å². The molecule has 0 bridgehead atoms. The fraction of sp³-hybridized carbons (Fsp3) is 0.500. The van der Waals surface area contributed by atoms with Gasteiger partial charge in [-0.05, 0) is 25.0 Å². The van der Waals surface area contributed by atoms with Gasteiger partial charge in [0.25, 0.3) is 0 Å². The number of benzene rings is 1. The Morgan fingerprint density at radius 3 is 2.47 bits per heavy atom. The van der Waals surface area contributed by atoms with E-state index < -0.39 is 9.05 Å². The van der Waals surface area contributed by atoms with E-state index in [9.17, 15) is 12.8 Å². The van der Waals surface area contributed by atoms with Gasteiger partial charge in [-0.25, -0.2) is 12.8 Å². The summed E-state index contributed by atoms with van der Waals surface area (Å²) < 4.78 is 40.4. The number of hydrogen-bond acceptors (Lipinski definition) is 3. The molecule has 0 fully saturated rings. The second-order valence-corrected chi connectivity index (χ2v) is 7.92. The average Bonchev–Trinajstić information content (AvgIpc) is 2.25. The summed E-state index contributed by atoms with van der Waals surface area (Å²) in [6.45, 7) is 0.476. The second kappa shape index (κ2) is 8.07. The van der Waals surface area contributed by atoms with Crippen molar-refractivity contribution in [1.82, 2.24) is 0 Å². The molecule has 0 spiro atoms. The van der Waals surface area contributed by atoms with Crippen LogP contribution in [0.1, 0.15) is 25.7 Å². The summed E-state index contributed by atoms with van der Waals surface area (Å²) in [5.74, 6) is 0.138. The molecular formula is C12H15BrClFO3S. The smallest absolute Gasteiger partial charge is 0.232 e.